The van der Waals surface area contributed by atoms with Crippen molar-refractivity contribution in [2.45, 2.75) is 65.7 Å². The Hall–Kier alpha value is -3.92. The molecule has 196 valence electrons. The SMILES string of the molecule is CC(C)(C)Cc1ccc2oc(-c3ccnc4c3C(C)(C)C(C)(C)c3c-4ccc4oc5cccnc5c34)cc2c1. The lowest BCUT2D eigenvalue weighted by molar-refractivity contribution is 0.301. The van der Waals surface area contributed by atoms with Crippen LogP contribution in [0.5, 0.6) is 0 Å². The molecule has 0 atom stereocenters. The zero-order chi connectivity index (χ0) is 27.3. The number of fused-ring (bicyclic) bond motifs is 8. The van der Waals surface area contributed by atoms with Crippen molar-refractivity contribution in [1.29, 1.82) is 0 Å². The molecule has 0 bridgehead atoms. The Morgan fingerprint density at radius 1 is 0.718 bits per heavy atom. The Bertz CT molecular complexity index is 1930. The first-order chi connectivity index (χ1) is 18.5. The van der Waals surface area contributed by atoms with E-state index in [9.17, 15) is 0 Å². The zero-order valence-corrected chi connectivity index (χ0v) is 23.8. The van der Waals surface area contributed by atoms with Gasteiger partial charge in [0, 0.05) is 39.7 Å². The maximum absolute atomic E-state index is 6.52. The van der Waals surface area contributed by atoms with Gasteiger partial charge in [-0.1, -0.05) is 54.5 Å². The molecule has 1 aliphatic carbocycles. The molecule has 1 aliphatic rings. The summed E-state index contributed by atoms with van der Waals surface area (Å²) in [4.78, 5) is 9.73. The van der Waals surface area contributed by atoms with Crippen molar-refractivity contribution in [1.82, 2.24) is 9.97 Å². The molecule has 0 aliphatic heterocycles. The first-order valence-electron chi connectivity index (χ1n) is 13.8. The van der Waals surface area contributed by atoms with E-state index in [4.69, 9.17) is 18.8 Å². The number of furan rings is 2. The number of nitrogens with zero attached hydrogens (tertiary/aromatic N) is 2. The minimum absolute atomic E-state index is 0.231. The lowest BCUT2D eigenvalue weighted by Gasteiger charge is -2.48. The van der Waals surface area contributed by atoms with E-state index in [-0.39, 0.29) is 16.2 Å². The third kappa shape index (κ3) is 3.43. The van der Waals surface area contributed by atoms with Crippen LogP contribution in [0.4, 0.5) is 0 Å². The Morgan fingerprint density at radius 2 is 1.49 bits per heavy atom. The van der Waals surface area contributed by atoms with E-state index in [1.54, 1.807) is 0 Å². The predicted octanol–water partition coefficient (Wildman–Crippen LogP) is 9.61. The second-order valence-corrected chi connectivity index (χ2v) is 13.4. The highest BCUT2D eigenvalue weighted by Gasteiger charge is 2.49. The summed E-state index contributed by atoms with van der Waals surface area (Å²) in [6.07, 6.45) is 4.79. The van der Waals surface area contributed by atoms with Crippen molar-refractivity contribution in [3.05, 3.63) is 83.7 Å². The van der Waals surface area contributed by atoms with E-state index in [1.165, 1.54) is 16.7 Å². The van der Waals surface area contributed by atoms with Crippen molar-refractivity contribution < 1.29 is 8.83 Å². The monoisotopic (exact) mass is 514 g/mol. The van der Waals surface area contributed by atoms with Crippen molar-refractivity contribution in [3.8, 4) is 22.6 Å². The summed E-state index contributed by atoms with van der Waals surface area (Å²) in [5.41, 5.74) is 10.3. The fourth-order valence-electron chi connectivity index (χ4n) is 6.61. The highest BCUT2D eigenvalue weighted by molar-refractivity contribution is 6.08. The number of benzene rings is 2. The Morgan fingerprint density at radius 3 is 2.28 bits per heavy atom. The van der Waals surface area contributed by atoms with Gasteiger partial charge < -0.3 is 8.83 Å². The van der Waals surface area contributed by atoms with Crippen LogP contribution in [0, 0.1) is 5.41 Å². The second-order valence-electron chi connectivity index (χ2n) is 13.4. The van der Waals surface area contributed by atoms with E-state index in [0.29, 0.717) is 0 Å². The molecule has 2 aromatic carbocycles. The first-order valence-corrected chi connectivity index (χ1v) is 13.8. The fraction of sp³-hybridized carbons (Fsp3) is 0.314. The molecule has 0 amide bonds. The molecule has 4 nitrogen and oxygen atoms in total. The van der Waals surface area contributed by atoms with Gasteiger partial charge in [-0.2, -0.15) is 0 Å². The van der Waals surface area contributed by atoms with E-state index in [2.05, 4.69) is 90.9 Å². The van der Waals surface area contributed by atoms with Gasteiger partial charge in [-0.05, 0) is 77.1 Å². The minimum atomic E-state index is -0.262. The number of hydrogen-bond donors (Lipinski definition) is 0. The van der Waals surface area contributed by atoms with Crippen LogP contribution in [0.15, 0.2) is 75.8 Å². The van der Waals surface area contributed by atoms with Crippen LogP contribution in [-0.4, -0.2) is 9.97 Å². The lowest BCUT2D eigenvalue weighted by atomic mass is 9.55. The number of pyridine rings is 2. The van der Waals surface area contributed by atoms with Crippen LogP contribution in [0.25, 0.3) is 55.6 Å². The number of aromatic nitrogens is 2. The molecule has 7 rings (SSSR count). The van der Waals surface area contributed by atoms with Gasteiger partial charge in [0.1, 0.15) is 22.4 Å². The van der Waals surface area contributed by atoms with Crippen molar-refractivity contribution in [3.63, 3.8) is 0 Å². The third-order valence-electron chi connectivity index (χ3n) is 8.99. The van der Waals surface area contributed by atoms with Gasteiger partial charge in [0.25, 0.3) is 0 Å². The smallest absolute Gasteiger partial charge is 0.153 e. The molecular weight excluding hydrogens is 480 g/mol. The van der Waals surface area contributed by atoms with Gasteiger partial charge in [0.15, 0.2) is 5.58 Å². The van der Waals surface area contributed by atoms with E-state index in [1.807, 2.05) is 24.5 Å². The molecule has 0 spiro atoms. The first kappa shape index (κ1) is 24.1. The van der Waals surface area contributed by atoms with Crippen LogP contribution < -0.4 is 0 Å². The highest BCUT2D eigenvalue weighted by Crippen LogP contribution is 2.58. The highest BCUT2D eigenvalue weighted by atomic mass is 16.3. The summed E-state index contributed by atoms with van der Waals surface area (Å²) in [6, 6.07) is 19.1. The van der Waals surface area contributed by atoms with Crippen LogP contribution in [0.1, 0.15) is 65.2 Å². The van der Waals surface area contributed by atoms with Gasteiger partial charge in [0.05, 0.1) is 11.1 Å². The average Bonchev–Trinajstić information content (AvgIpc) is 3.47. The summed E-state index contributed by atoms with van der Waals surface area (Å²) < 4.78 is 12.8. The summed E-state index contributed by atoms with van der Waals surface area (Å²) >= 11 is 0. The zero-order valence-electron chi connectivity index (χ0n) is 23.8. The Labute approximate surface area is 229 Å². The predicted molar refractivity (Wildman–Crippen MR) is 159 cm³/mol. The van der Waals surface area contributed by atoms with Crippen LogP contribution in [0.2, 0.25) is 0 Å². The van der Waals surface area contributed by atoms with Crippen molar-refractivity contribution >= 4 is 33.0 Å². The molecule has 0 saturated carbocycles. The van der Waals surface area contributed by atoms with Crippen LogP contribution >= 0.6 is 0 Å². The number of hydrogen-bond acceptors (Lipinski definition) is 4. The van der Waals surface area contributed by atoms with E-state index in [0.717, 1.165) is 62.0 Å². The molecule has 0 saturated heterocycles. The molecule has 4 heteroatoms. The summed E-state index contributed by atoms with van der Waals surface area (Å²) in [5.74, 6) is 0.889. The maximum atomic E-state index is 6.52. The lowest BCUT2D eigenvalue weighted by Crippen LogP contribution is -2.44. The maximum Gasteiger partial charge on any atom is 0.153 e. The normalized spacial score (nSPS) is 16.1. The van der Waals surface area contributed by atoms with E-state index >= 15 is 0 Å². The average molecular weight is 515 g/mol. The largest absolute Gasteiger partial charge is 0.456 e. The van der Waals surface area contributed by atoms with Gasteiger partial charge in [0.2, 0.25) is 0 Å². The topological polar surface area (TPSA) is 52.1 Å². The van der Waals surface area contributed by atoms with Gasteiger partial charge in [-0.25, -0.2) is 0 Å². The minimum Gasteiger partial charge on any atom is -0.456 e. The second kappa shape index (κ2) is 7.81. The molecule has 0 fully saturated rings. The molecule has 0 unspecified atom stereocenters. The molecule has 0 radical (unpaired) electrons. The quantitative estimate of drug-likeness (QED) is 0.231. The molecule has 39 heavy (non-hydrogen) atoms. The van der Waals surface area contributed by atoms with Crippen LogP contribution in [-0.2, 0) is 17.3 Å². The fourth-order valence-corrected chi connectivity index (χ4v) is 6.61. The summed E-state index contributed by atoms with van der Waals surface area (Å²) in [6.45, 7) is 16.2. The van der Waals surface area contributed by atoms with Gasteiger partial charge >= 0.3 is 0 Å². The van der Waals surface area contributed by atoms with Gasteiger partial charge in [-0.3, -0.25) is 9.97 Å². The Balaban J connectivity index is 1.48. The molecule has 6 aromatic rings. The number of rotatable bonds is 2. The standard InChI is InChI=1S/C35H34N2O2/c1-33(2,3)19-20-10-12-24-21(17-20)18-27(38-24)22-14-16-37-31-23-11-13-25-28(32-26(39-25)9-8-15-36-32)29(23)34(4,5)35(6,7)30(22)31/h8-18H,19H2,1-7H3. The summed E-state index contributed by atoms with van der Waals surface area (Å²) in [7, 11) is 0. The summed E-state index contributed by atoms with van der Waals surface area (Å²) in [5, 5.41) is 2.23. The molecular formula is C35H34N2O2. The van der Waals surface area contributed by atoms with Gasteiger partial charge in [-0.15, -0.1) is 0 Å². The van der Waals surface area contributed by atoms with Crippen molar-refractivity contribution in [2.75, 3.05) is 0 Å². The molecule has 4 aromatic heterocycles. The third-order valence-corrected chi connectivity index (χ3v) is 8.99. The Kier molecular flexibility index (Phi) is 4.84. The van der Waals surface area contributed by atoms with Crippen molar-refractivity contribution in [2.24, 2.45) is 5.41 Å². The van der Waals surface area contributed by atoms with Crippen LogP contribution in [0.3, 0.4) is 0 Å². The molecule has 0 N–H and O–H groups in total. The molecule has 4 heterocycles. The van der Waals surface area contributed by atoms with E-state index < -0.39 is 0 Å².